The largest absolute Gasteiger partial charge is 0.496 e. The monoisotopic (exact) mass is 337 g/mol. The third kappa shape index (κ3) is 3.01. The number of aryl methyl sites for hydroxylation is 1. The molecule has 1 heterocycles. The minimum atomic E-state index is -0.0589. The molecule has 2 aromatic rings. The van der Waals surface area contributed by atoms with E-state index in [4.69, 9.17) is 4.74 Å². The molecule has 0 bridgehead atoms. The quantitative estimate of drug-likeness (QED) is 0.860. The molecule has 0 aliphatic rings. The first-order valence-corrected chi connectivity index (χ1v) is 6.87. The number of ether oxygens (including phenoxy) is 1. The predicted octanol–water partition coefficient (Wildman–Crippen LogP) is 2.46. The van der Waals surface area contributed by atoms with Crippen molar-refractivity contribution in [2.24, 2.45) is 7.05 Å². The fraction of sp³-hybridized carbons (Fsp3) is 0.286. The summed E-state index contributed by atoms with van der Waals surface area (Å²) < 4.78 is 7.81. The van der Waals surface area contributed by atoms with Crippen molar-refractivity contribution in [2.45, 2.75) is 6.54 Å². The Labute approximate surface area is 126 Å². The van der Waals surface area contributed by atoms with E-state index in [1.165, 1.54) is 0 Å². The summed E-state index contributed by atoms with van der Waals surface area (Å²) in [4.78, 5) is 18.2. The number of amides is 1. The lowest BCUT2D eigenvalue weighted by atomic mass is 10.2. The summed E-state index contributed by atoms with van der Waals surface area (Å²) in [6, 6.07) is 5.28. The van der Waals surface area contributed by atoms with E-state index < -0.39 is 0 Å². The number of hydrogen-bond donors (Lipinski definition) is 0. The number of hydrogen-bond acceptors (Lipinski definition) is 3. The Morgan fingerprint density at radius 1 is 1.50 bits per heavy atom. The van der Waals surface area contributed by atoms with Crippen LogP contribution in [0.3, 0.4) is 0 Å². The predicted molar refractivity (Wildman–Crippen MR) is 79.7 cm³/mol. The van der Waals surface area contributed by atoms with Crippen molar-refractivity contribution >= 4 is 21.8 Å². The molecule has 0 aliphatic heterocycles. The van der Waals surface area contributed by atoms with Gasteiger partial charge in [0.15, 0.2) is 0 Å². The standard InChI is InChI=1S/C14H16BrN3O2/c1-17-7-6-16-13(17)9-18(2)14(19)10-4-5-12(20-3)11(15)8-10/h4-8H,9H2,1-3H3. The van der Waals surface area contributed by atoms with E-state index in [-0.39, 0.29) is 5.91 Å². The highest BCUT2D eigenvalue weighted by Gasteiger charge is 2.15. The van der Waals surface area contributed by atoms with Gasteiger partial charge in [0.05, 0.1) is 18.1 Å². The summed E-state index contributed by atoms with van der Waals surface area (Å²) in [6.07, 6.45) is 3.58. The van der Waals surface area contributed by atoms with Crippen molar-refractivity contribution in [3.8, 4) is 5.75 Å². The lowest BCUT2D eigenvalue weighted by Crippen LogP contribution is -2.27. The van der Waals surface area contributed by atoms with Crippen LogP contribution in [0.2, 0.25) is 0 Å². The summed E-state index contributed by atoms with van der Waals surface area (Å²) in [5, 5.41) is 0. The molecule has 1 aromatic heterocycles. The van der Waals surface area contributed by atoms with Gasteiger partial charge in [-0.05, 0) is 34.1 Å². The van der Waals surface area contributed by atoms with Crippen LogP contribution in [-0.4, -0.2) is 34.5 Å². The Kier molecular flexibility index (Phi) is 4.44. The maximum atomic E-state index is 12.4. The van der Waals surface area contributed by atoms with Crippen LogP contribution in [0.1, 0.15) is 16.2 Å². The molecule has 2 rings (SSSR count). The number of halogens is 1. The molecule has 6 heteroatoms. The molecule has 0 saturated heterocycles. The molecular formula is C14H16BrN3O2. The number of rotatable bonds is 4. The smallest absolute Gasteiger partial charge is 0.254 e. The molecule has 0 atom stereocenters. The number of carbonyl (C=O) groups is 1. The average molecular weight is 338 g/mol. The first-order chi connectivity index (χ1) is 9.52. The summed E-state index contributed by atoms with van der Waals surface area (Å²) in [6.45, 7) is 0.464. The van der Waals surface area contributed by atoms with Crippen molar-refractivity contribution < 1.29 is 9.53 Å². The summed E-state index contributed by atoms with van der Waals surface area (Å²) in [5.41, 5.74) is 0.606. The number of carbonyl (C=O) groups excluding carboxylic acids is 1. The normalized spacial score (nSPS) is 10.4. The van der Waals surface area contributed by atoms with Crippen molar-refractivity contribution in [1.29, 1.82) is 0 Å². The van der Waals surface area contributed by atoms with Crippen molar-refractivity contribution in [1.82, 2.24) is 14.5 Å². The summed E-state index contributed by atoms with van der Waals surface area (Å²) in [5.74, 6) is 1.48. The van der Waals surface area contributed by atoms with Gasteiger partial charge < -0.3 is 14.2 Å². The van der Waals surface area contributed by atoms with Gasteiger partial charge >= 0.3 is 0 Å². The minimum absolute atomic E-state index is 0.0589. The van der Waals surface area contributed by atoms with Gasteiger partial charge in [0.2, 0.25) is 0 Å². The third-order valence-electron chi connectivity index (χ3n) is 3.05. The molecule has 0 radical (unpaired) electrons. The van der Waals surface area contributed by atoms with Crippen molar-refractivity contribution in [2.75, 3.05) is 14.2 Å². The second-order valence-corrected chi connectivity index (χ2v) is 5.32. The first kappa shape index (κ1) is 14.6. The van der Waals surface area contributed by atoms with Crippen LogP contribution >= 0.6 is 15.9 Å². The SMILES string of the molecule is COc1ccc(C(=O)N(C)Cc2nccn2C)cc1Br. The molecule has 5 nitrogen and oxygen atoms in total. The van der Waals surface area contributed by atoms with Gasteiger partial charge in [-0.2, -0.15) is 0 Å². The van der Waals surface area contributed by atoms with Crippen LogP contribution in [0.15, 0.2) is 35.1 Å². The van der Waals surface area contributed by atoms with Gasteiger partial charge in [-0.3, -0.25) is 4.79 Å². The van der Waals surface area contributed by atoms with Crippen LogP contribution in [0, 0.1) is 0 Å². The minimum Gasteiger partial charge on any atom is -0.496 e. The maximum Gasteiger partial charge on any atom is 0.254 e. The Morgan fingerprint density at radius 2 is 2.25 bits per heavy atom. The van der Waals surface area contributed by atoms with E-state index in [1.54, 1.807) is 43.5 Å². The average Bonchev–Trinajstić information content (AvgIpc) is 2.83. The second-order valence-electron chi connectivity index (χ2n) is 4.46. The van der Waals surface area contributed by atoms with Crippen molar-refractivity contribution in [3.05, 3.63) is 46.5 Å². The zero-order valence-corrected chi connectivity index (χ0v) is 13.2. The van der Waals surface area contributed by atoms with Gasteiger partial charge in [0, 0.05) is 32.1 Å². The molecule has 0 N–H and O–H groups in total. The zero-order chi connectivity index (χ0) is 14.7. The van der Waals surface area contributed by atoms with Crippen LogP contribution in [-0.2, 0) is 13.6 Å². The lowest BCUT2D eigenvalue weighted by molar-refractivity contribution is 0.0780. The molecule has 0 unspecified atom stereocenters. The highest BCUT2D eigenvalue weighted by atomic mass is 79.9. The summed E-state index contributed by atoms with van der Waals surface area (Å²) in [7, 11) is 5.26. The van der Waals surface area contributed by atoms with Crippen LogP contribution in [0.25, 0.3) is 0 Å². The second kappa shape index (κ2) is 6.09. The Hall–Kier alpha value is -1.82. The molecule has 1 amide bonds. The number of methoxy groups -OCH3 is 1. The highest BCUT2D eigenvalue weighted by Crippen LogP contribution is 2.26. The molecule has 0 saturated carbocycles. The number of nitrogens with zero attached hydrogens (tertiary/aromatic N) is 3. The molecular weight excluding hydrogens is 322 g/mol. The number of imidazole rings is 1. The molecule has 20 heavy (non-hydrogen) atoms. The maximum absolute atomic E-state index is 12.4. The first-order valence-electron chi connectivity index (χ1n) is 6.08. The molecule has 0 aliphatic carbocycles. The molecule has 1 aromatic carbocycles. The van der Waals surface area contributed by atoms with E-state index in [0.29, 0.717) is 17.9 Å². The Bertz CT molecular complexity index is 625. The lowest BCUT2D eigenvalue weighted by Gasteiger charge is -2.17. The zero-order valence-electron chi connectivity index (χ0n) is 11.6. The van der Waals surface area contributed by atoms with E-state index in [0.717, 1.165) is 10.3 Å². The fourth-order valence-corrected chi connectivity index (χ4v) is 2.39. The van der Waals surface area contributed by atoms with E-state index in [2.05, 4.69) is 20.9 Å². The molecule has 0 fully saturated rings. The third-order valence-corrected chi connectivity index (χ3v) is 3.66. The molecule has 106 valence electrons. The number of benzene rings is 1. The topological polar surface area (TPSA) is 47.4 Å². The van der Waals surface area contributed by atoms with Crippen LogP contribution in [0.5, 0.6) is 5.75 Å². The van der Waals surface area contributed by atoms with E-state index in [9.17, 15) is 4.79 Å². The van der Waals surface area contributed by atoms with Gasteiger partial charge in [-0.1, -0.05) is 0 Å². The highest BCUT2D eigenvalue weighted by molar-refractivity contribution is 9.10. The van der Waals surface area contributed by atoms with E-state index in [1.807, 2.05) is 17.8 Å². The van der Waals surface area contributed by atoms with E-state index >= 15 is 0 Å². The van der Waals surface area contributed by atoms with Crippen LogP contribution < -0.4 is 4.74 Å². The fourth-order valence-electron chi connectivity index (χ4n) is 1.85. The van der Waals surface area contributed by atoms with Crippen LogP contribution in [0.4, 0.5) is 0 Å². The van der Waals surface area contributed by atoms with Crippen molar-refractivity contribution in [3.63, 3.8) is 0 Å². The number of aromatic nitrogens is 2. The van der Waals surface area contributed by atoms with Gasteiger partial charge in [-0.15, -0.1) is 0 Å². The Balaban J connectivity index is 2.14. The van der Waals surface area contributed by atoms with Gasteiger partial charge in [-0.25, -0.2) is 4.98 Å². The summed E-state index contributed by atoms with van der Waals surface area (Å²) >= 11 is 3.38. The molecule has 0 spiro atoms. The Morgan fingerprint density at radius 3 is 2.80 bits per heavy atom. The van der Waals surface area contributed by atoms with Gasteiger partial charge in [0.25, 0.3) is 5.91 Å². The van der Waals surface area contributed by atoms with Gasteiger partial charge in [0.1, 0.15) is 11.6 Å².